The van der Waals surface area contributed by atoms with Crippen LogP contribution in [0.3, 0.4) is 0 Å². The molecule has 0 bridgehead atoms. The van der Waals surface area contributed by atoms with E-state index in [0.29, 0.717) is 13.0 Å². The van der Waals surface area contributed by atoms with Gasteiger partial charge in [-0.3, -0.25) is 4.18 Å². The highest BCUT2D eigenvalue weighted by atomic mass is 32.2. The van der Waals surface area contributed by atoms with E-state index in [4.69, 9.17) is 4.18 Å². The second kappa shape index (κ2) is 5.91. The van der Waals surface area contributed by atoms with Gasteiger partial charge in [0, 0.05) is 13.0 Å². The number of aromatic nitrogens is 2. The standard InChI is InChI=1S/C17H16N2O3S2/c1-12-6-8-13(9-7-12)24(20,21)22-16-10-11-19-15-5-3-2-4-14(15)18-17(19)23-16/h2-9,16H,10-11H2,1H3. The molecule has 1 aliphatic rings. The number of imidazole rings is 1. The third-order valence-corrected chi connectivity index (χ3v) is 6.56. The second-order valence-corrected chi connectivity index (χ2v) is 8.43. The van der Waals surface area contributed by atoms with Crippen LogP contribution in [-0.2, 0) is 20.8 Å². The number of hydrogen-bond acceptors (Lipinski definition) is 5. The predicted octanol–water partition coefficient (Wildman–Crippen LogP) is 3.57. The Morgan fingerprint density at radius 3 is 2.71 bits per heavy atom. The molecule has 0 amide bonds. The molecular weight excluding hydrogens is 344 g/mol. The zero-order valence-electron chi connectivity index (χ0n) is 13.0. The van der Waals surface area contributed by atoms with Crippen molar-refractivity contribution in [1.29, 1.82) is 0 Å². The van der Waals surface area contributed by atoms with Gasteiger partial charge in [0.1, 0.15) is 5.44 Å². The molecular formula is C17H16N2O3S2. The van der Waals surface area contributed by atoms with E-state index in [9.17, 15) is 8.42 Å². The summed E-state index contributed by atoms with van der Waals surface area (Å²) in [7, 11) is -3.77. The van der Waals surface area contributed by atoms with Crippen LogP contribution in [0.4, 0.5) is 0 Å². The molecule has 1 unspecified atom stereocenters. The molecule has 0 spiro atoms. The van der Waals surface area contributed by atoms with Crippen molar-refractivity contribution in [3.8, 4) is 0 Å². The number of rotatable bonds is 3. The quantitative estimate of drug-likeness (QED) is 0.668. The van der Waals surface area contributed by atoms with Gasteiger partial charge in [-0.25, -0.2) is 4.98 Å². The van der Waals surface area contributed by atoms with Crippen LogP contribution in [0.2, 0.25) is 0 Å². The van der Waals surface area contributed by atoms with Gasteiger partial charge in [-0.1, -0.05) is 41.6 Å². The fourth-order valence-electron chi connectivity index (χ4n) is 2.74. The molecule has 7 heteroatoms. The SMILES string of the molecule is Cc1ccc(S(=O)(=O)OC2CCn3c(nc4ccccc43)S2)cc1. The number of aryl methyl sites for hydroxylation is 2. The normalized spacial score (nSPS) is 17.8. The van der Waals surface area contributed by atoms with E-state index >= 15 is 0 Å². The number of thioether (sulfide) groups is 1. The summed E-state index contributed by atoms with van der Waals surface area (Å²) in [6.45, 7) is 2.61. The molecule has 1 aliphatic heterocycles. The maximum absolute atomic E-state index is 12.4. The maximum Gasteiger partial charge on any atom is 0.298 e. The predicted molar refractivity (Wildman–Crippen MR) is 93.4 cm³/mol. The Labute approximate surface area is 144 Å². The molecule has 0 radical (unpaired) electrons. The Balaban J connectivity index is 1.57. The lowest BCUT2D eigenvalue weighted by molar-refractivity contribution is 0.265. The minimum Gasteiger partial charge on any atom is -0.319 e. The van der Waals surface area contributed by atoms with Crippen molar-refractivity contribution in [1.82, 2.24) is 9.55 Å². The Morgan fingerprint density at radius 1 is 1.17 bits per heavy atom. The first-order valence-corrected chi connectivity index (χ1v) is 9.94. The van der Waals surface area contributed by atoms with Crippen molar-refractivity contribution >= 4 is 32.9 Å². The first kappa shape index (κ1) is 15.7. The van der Waals surface area contributed by atoms with Crippen LogP contribution in [-0.4, -0.2) is 23.4 Å². The van der Waals surface area contributed by atoms with Crippen molar-refractivity contribution in [3.63, 3.8) is 0 Å². The van der Waals surface area contributed by atoms with Crippen molar-refractivity contribution in [2.24, 2.45) is 0 Å². The van der Waals surface area contributed by atoms with Crippen molar-refractivity contribution in [2.45, 2.75) is 35.4 Å². The highest BCUT2D eigenvalue weighted by molar-refractivity contribution is 8.00. The third kappa shape index (κ3) is 2.83. The van der Waals surface area contributed by atoms with E-state index in [0.717, 1.165) is 21.8 Å². The average molecular weight is 360 g/mol. The number of nitrogens with zero attached hydrogens (tertiary/aromatic N) is 2. The molecule has 1 atom stereocenters. The van der Waals surface area contributed by atoms with E-state index in [1.165, 1.54) is 11.8 Å². The minimum atomic E-state index is -3.77. The third-order valence-electron chi connectivity index (χ3n) is 3.99. The highest BCUT2D eigenvalue weighted by Gasteiger charge is 2.28. The molecule has 2 aromatic carbocycles. The van der Waals surface area contributed by atoms with Crippen LogP contribution in [0.5, 0.6) is 0 Å². The smallest absolute Gasteiger partial charge is 0.298 e. The Morgan fingerprint density at radius 2 is 1.92 bits per heavy atom. The van der Waals surface area contributed by atoms with Crippen LogP contribution in [0.1, 0.15) is 12.0 Å². The fourth-order valence-corrected chi connectivity index (χ4v) is 5.09. The minimum absolute atomic E-state index is 0.188. The lowest BCUT2D eigenvalue weighted by atomic mass is 10.2. The molecule has 124 valence electrons. The van der Waals surface area contributed by atoms with Crippen LogP contribution in [0.15, 0.2) is 58.6 Å². The van der Waals surface area contributed by atoms with Crippen molar-refractivity contribution < 1.29 is 12.6 Å². The van der Waals surface area contributed by atoms with Crippen LogP contribution >= 0.6 is 11.8 Å². The Kier molecular flexibility index (Phi) is 3.86. The van der Waals surface area contributed by atoms with Gasteiger partial charge in [0.15, 0.2) is 5.16 Å². The van der Waals surface area contributed by atoms with Crippen molar-refractivity contribution in [2.75, 3.05) is 0 Å². The Hall–Kier alpha value is -1.83. The molecule has 24 heavy (non-hydrogen) atoms. The summed E-state index contributed by atoms with van der Waals surface area (Å²) in [5.41, 5.74) is 2.54. The molecule has 0 N–H and O–H groups in total. The molecule has 0 saturated carbocycles. The summed E-state index contributed by atoms with van der Waals surface area (Å²) in [5.74, 6) is 0. The van der Waals surface area contributed by atoms with E-state index in [1.54, 1.807) is 24.3 Å². The van der Waals surface area contributed by atoms with Gasteiger partial charge in [-0.05, 0) is 31.2 Å². The molecule has 0 fully saturated rings. The summed E-state index contributed by atoms with van der Waals surface area (Å²) in [6.07, 6.45) is 0.614. The van der Waals surface area contributed by atoms with Crippen LogP contribution in [0.25, 0.3) is 11.0 Å². The van der Waals surface area contributed by atoms with E-state index in [2.05, 4.69) is 9.55 Å². The van der Waals surface area contributed by atoms with Crippen LogP contribution in [0, 0.1) is 6.92 Å². The summed E-state index contributed by atoms with van der Waals surface area (Å²) < 4.78 is 32.4. The number of para-hydroxylation sites is 2. The maximum atomic E-state index is 12.4. The van der Waals surface area contributed by atoms with Gasteiger partial charge in [-0.2, -0.15) is 8.42 Å². The van der Waals surface area contributed by atoms with Gasteiger partial charge in [-0.15, -0.1) is 0 Å². The van der Waals surface area contributed by atoms with E-state index in [-0.39, 0.29) is 4.90 Å². The molecule has 0 saturated heterocycles. The molecule has 4 rings (SSSR count). The number of benzene rings is 2. The van der Waals surface area contributed by atoms with Gasteiger partial charge < -0.3 is 4.57 Å². The Bertz CT molecular complexity index is 994. The highest BCUT2D eigenvalue weighted by Crippen LogP contribution is 2.35. The van der Waals surface area contributed by atoms with E-state index < -0.39 is 15.6 Å². The largest absolute Gasteiger partial charge is 0.319 e. The van der Waals surface area contributed by atoms with Gasteiger partial charge >= 0.3 is 0 Å². The molecule has 2 heterocycles. The molecule has 5 nitrogen and oxygen atoms in total. The summed E-state index contributed by atoms with van der Waals surface area (Å²) in [6, 6.07) is 14.6. The van der Waals surface area contributed by atoms with Gasteiger partial charge in [0.2, 0.25) is 0 Å². The second-order valence-electron chi connectivity index (χ2n) is 5.73. The number of hydrogen-bond donors (Lipinski definition) is 0. The fraction of sp³-hybridized carbons (Fsp3) is 0.235. The summed E-state index contributed by atoms with van der Waals surface area (Å²) in [5, 5.41) is 0.798. The van der Waals surface area contributed by atoms with Crippen molar-refractivity contribution in [3.05, 3.63) is 54.1 Å². The monoisotopic (exact) mass is 360 g/mol. The topological polar surface area (TPSA) is 61.2 Å². The zero-order valence-corrected chi connectivity index (χ0v) is 14.7. The summed E-state index contributed by atoms with van der Waals surface area (Å²) >= 11 is 1.36. The zero-order chi connectivity index (χ0) is 16.7. The van der Waals surface area contributed by atoms with Gasteiger partial charge in [0.25, 0.3) is 10.1 Å². The van der Waals surface area contributed by atoms with Gasteiger partial charge in [0.05, 0.1) is 15.9 Å². The molecule has 0 aliphatic carbocycles. The van der Waals surface area contributed by atoms with E-state index in [1.807, 2.05) is 31.2 Å². The summed E-state index contributed by atoms with van der Waals surface area (Å²) in [4.78, 5) is 4.76. The first-order chi connectivity index (χ1) is 11.5. The lowest BCUT2D eigenvalue weighted by Gasteiger charge is -2.22. The van der Waals surface area contributed by atoms with Crippen LogP contribution < -0.4 is 0 Å². The number of fused-ring (bicyclic) bond motifs is 3. The lowest BCUT2D eigenvalue weighted by Crippen LogP contribution is -2.22. The molecule has 3 aromatic rings. The average Bonchev–Trinajstić information content (AvgIpc) is 2.92. The first-order valence-electron chi connectivity index (χ1n) is 7.65. The molecule has 1 aromatic heterocycles.